The predicted molar refractivity (Wildman–Crippen MR) is 75.8 cm³/mol. The molecule has 0 aliphatic rings. The lowest BCUT2D eigenvalue weighted by molar-refractivity contribution is 0.487. The molecule has 0 saturated carbocycles. The number of nitrogens with two attached hydrogens (primary N) is 1. The molecule has 0 aliphatic carbocycles. The molecule has 2 heterocycles. The maximum atomic E-state index is 13.3. The van der Waals surface area contributed by atoms with Gasteiger partial charge in [-0.1, -0.05) is 6.07 Å². The molecule has 0 bridgehead atoms. The second kappa shape index (κ2) is 5.06. The molecule has 102 valence electrons. The van der Waals surface area contributed by atoms with Gasteiger partial charge in [-0.2, -0.15) is 0 Å². The maximum Gasteiger partial charge on any atom is 0.134 e. The van der Waals surface area contributed by atoms with Crippen LogP contribution in [0, 0.1) is 12.7 Å². The van der Waals surface area contributed by atoms with Crippen molar-refractivity contribution in [3.63, 3.8) is 0 Å². The lowest BCUT2D eigenvalue weighted by atomic mass is 10.0. The number of nitrogens with zero attached hydrogens (tertiary/aromatic N) is 1. The van der Waals surface area contributed by atoms with Crippen molar-refractivity contribution >= 4 is 11.0 Å². The Morgan fingerprint density at radius 2 is 2.15 bits per heavy atom. The van der Waals surface area contributed by atoms with Crippen LogP contribution in [0.4, 0.5) is 4.39 Å². The Hall–Kier alpha value is -2.20. The van der Waals surface area contributed by atoms with Gasteiger partial charge in [0, 0.05) is 29.3 Å². The molecule has 3 aromatic rings. The number of hydrogen-bond donors (Lipinski definition) is 1. The standard InChI is InChI=1S/C16H15FN2O/c1-10-13-8-11(17)5-6-15(13)20-16(10)14(18)9-12-4-2-3-7-19-12/h2-8,14H,9,18H2,1H3. The first-order valence-electron chi connectivity index (χ1n) is 6.49. The van der Waals surface area contributed by atoms with Crippen molar-refractivity contribution in [2.24, 2.45) is 5.73 Å². The van der Waals surface area contributed by atoms with Crippen LogP contribution in [0.3, 0.4) is 0 Å². The molecule has 20 heavy (non-hydrogen) atoms. The van der Waals surface area contributed by atoms with Crippen LogP contribution >= 0.6 is 0 Å². The van der Waals surface area contributed by atoms with E-state index < -0.39 is 0 Å². The van der Waals surface area contributed by atoms with Gasteiger partial charge in [-0.3, -0.25) is 4.98 Å². The summed E-state index contributed by atoms with van der Waals surface area (Å²) in [6, 6.07) is 9.93. The van der Waals surface area contributed by atoms with Crippen molar-refractivity contribution in [2.75, 3.05) is 0 Å². The summed E-state index contributed by atoms with van der Waals surface area (Å²) in [5.74, 6) is 0.419. The molecule has 0 fully saturated rings. The summed E-state index contributed by atoms with van der Waals surface area (Å²) >= 11 is 0. The molecule has 4 heteroatoms. The van der Waals surface area contributed by atoms with Crippen LogP contribution in [-0.2, 0) is 6.42 Å². The fourth-order valence-electron chi connectivity index (χ4n) is 2.40. The highest BCUT2D eigenvalue weighted by molar-refractivity contribution is 5.82. The summed E-state index contributed by atoms with van der Waals surface area (Å²) in [5, 5.41) is 0.775. The number of aryl methyl sites for hydroxylation is 1. The Morgan fingerprint density at radius 1 is 1.30 bits per heavy atom. The molecule has 0 spiro atoms. The van der Waals surface area contributed by atoms with Gasteiger partial charge in [-0.05, 0) is 37.3 Å². The summed E-state index contributed by atoms with van der Waals surface area (Å²) < 4.78 is 19.1. The molecule has 0 amide bonds. The molecule has 0 aliphatic heterocycles. The van der Waals surface area contributed by atoms with Gasteiger partial charge in [0.05, 0.1) is 6.04 Å². The monoisotopic (exact) mass is 270 g/mol. The van der Waals surface area contributed by atoms with Crippen molar-refractivity contribution in [1.82, 2.24) is 4.98 Å². The van der Waals surface area contributed by atoms with E-state index >= 15 is 0 Å². The van der Waals surface area contributed by atoms with E-state index in [1.165, 1.54) is 12.1 Å². The van der Waals surface area contributed by atoms with E-state index in [0.717, 1.165) is 16.6 Å². The fourth-order valence-corrected chi connectivity index (χ4v) is 2.40. The summed E-state index contributed by atoms with van der Waals surface area (Å²) in [6.07, 6.45) is 2.33. The molecule has 1 atom stereocenters. The minimum absolute atomic E-state index is 0.272. The van der Waals surface area contributed by atoms with Crippen LogP contribution in [0.1, 0.15) is 23.1 Å². The summed E-state index contributed by atoms with van der Waals surface area (Å²) in [4.78, 5) is 4.26. The fraction of sp³-hybridized carbons (Fsp3) is 0.188. The molecule has 2 aromatic heterocycles. The molecule has 3 nitrogen and oxygen atoms in total. The lowest BCUT2D eigenvalue weighted by Crippen LogP contribution is -2.14. The summed E-state index contributed by atoms with van der Waals surface area (Å²) in [7, 11) is 0. The number of aromatic nitrogens is 1. The Bertz CT molecular complexity index is 737. The van der Waals surface area contributed by atoms with E-state index in [4.69, 9.17) is 10.2 Å². The molecule has 0 saturated heterocycles. The van der Waals surface area contributed by atoms with Crippen LogP contribution in [0.2, 0.25) is 0 Å². The lowest BCUT2D eigenvalue weighted by Gasteiger charge is -2.09. The number of fused-ring (bicyclic) bond motifs is 1. The van der Waals surface area contributed by atoms with Crippen LogP contribution in [0.15, 0.2) is 47.0 Å². The van der Waals surface area contributed by atoms with Crippen molar-refractivity contribution in [3.05, 3.63) is 65.4 Å². The Labute approximate surface area is 116 Å². The molecule has 1 aromatic carbocycles. The van der Waals surface area contributed by atoms with Gasteiger partial charge in [0.1, 0.15) is 17.2 Å². The quantitative estimate of drug-likeness (QED) is 0.792. The van der Waals surface area contributed by atoms with Gasteiger partial charge in [-0.15, -0.1) is 0 Å². The smallest absolute Gasteiger partial charge is 0.134 e. The number of hydrogen-bond acceptors (Lipinski definition) is 3. The van der Waals surface area contributed by atoms with Gasteiger partial charge in [0.25, 0.3) is 0 Å². The first-order valence-corrected chi connectivity index (χ1v) is 6.49. The maximum absolute atomic E-state index is 13.3. The molecule has 2 N–H and O–H groups in total. The Balaban J connectivity index is 1.95. The first kappa shape index (κ1) is 12.8. The van der Waals surface area contributed by atoms with E-state index in [-0.39, 0.29) is 11.9 Å². The molecular formula is C16H15FN2O. The van der Waals surface area contributed by atoms with Gasteiger partial charge in [0.15, 0.2) is 0 Å². The summed E-state index contributed by atoms with van der Waals surface area (Å²) in [6.45, 7) is 1.90. The average molecular weight is 270 g/mol. The zero-order chi connectivity index (χ0) is 14.1. The third kappa shape index (κ3) is 2.30. The highest BCUT2D eigenvalue weighted by Crippen LogP contribution is 2.30. The Kier molecular flexibility index (Phi) is 3.24. The molecule has 0 radical (unpaired) electrons. The van der Waals surface area contributed by atoms with E-state index in [1.807, 2.05) is 25.1 Å². The highest BCUT2D eigenvalue weighted by Gasteiger charge is 2.18. The topological polar surface area (TPSA) is 52.0 Å². The summed E-state index contributed by atoms with van der Waals surface area (Å²) in [5.41, 5.74) is 8.66. The zero-order valence-electron chi connectivity index (χ0n) is 11.1. The van der Waals surface area contributed by atoms with Crippen LogP contribution in [-0.4, -0.2) is 4.98 Å². The second-order valence-corrected chi connectivity index (χ2v) is 4.86. The third-order valence-electron chi connectivity index (χ3n) is 3.43. The van der Waals surface area contributed by atoms with Crippen molar-refractivity contribution in [2.45, 2.75) is 19.4 Å². The average Bonchev–Trinajstić information content (AvgIpc) is 2.77. The third-order valence-corrected chi connectivity index (χ3v) is 3.43. The van der Waals surface area contributed by atoms with E-state index in [2.05, 4.69) is 4.98 Å². The number of halogens is 1. The Morgan fingerprint density at radius 3 is 2.90 bits per heavy atom. The normalized spacial score (nSPS) is 12.8. The number of rotatable bonds is 3. The molecule has 1 unspecified atom stereocenters. The zero-order valence-corrected chi connectivity index (χ0v) is 11.1. The molecular weight excluding hydrogens is 255 g/mol. The van der Waals surface area contributed by atoms with E-state index in [1.54, 1.807) is 12.3 Å². The van der Waals surface area contributed by atoms with Gasteiger partial charge in [0.2, 0.25) is 0 Å². The SMILES string of the molecule is Cc1c(C(N)Cc2ccccn2)oc2ccc(F)cc12. The molecule has 3 rings (SSSR count). The second-order valence-electron chi connectivity index (χ2n) is 4.86. The van der Waals surface area contributed by atoms with Gasteiger partial charge < -0.3 is 10.2 Å². The minimum Gasteiger partial charge on any atom is -0.459 e. The van der Waals surface area contributed by atoms with Gasteiger partial charge >= 0.3 is 0 Å². The highest BCUT2D eigenvalue weighted by atomic mass is 19.1. The number of furan rings is 1. The number of pyridine rings is 1. The van der Waals surface area contributed by atoms with Crippen LogP contribution in [0.5, 0.6) is 0 Å². The largest absolute Gasteiger partial charge is 0.459 e. The van der Waals surface area contributed by atoms with Crippen molar-refractivity contribution < 1.29 is 8.81 Å². The minimum atomic E-state index is -0.291. The predicted octanol–water partition coefficient (Wildman–Crippen LogP) is 3.52. The van der Waals surface area contributed by atoms with Gasteiger partial charge in [-0.25, -0.2) is 4.39 Å². The van der Waals surface area contributed by atoms with Crippen LogP contribution in [0.25, 0.3) is 11.0 Å². The number of benzene rings is 1. The van der Waals surface area contributed by atoms with E-state index in [9.17, 15) is 4.39 Å². The van der Waals surface area contributed by atoms with E-state index in [0.29, 0.717) is 17.8 Å². The first-order chi connectivity index (χ1) is 9.65. The van der Waals surface area contributed by atoms with Crippen molar-refractivity contribution in [3.8, 4) is 0 Å². The van der Waals surface area contributed by atoms with Crippen LogP contribution < -0.4 is 5.73 Å². The van der Waals surface area contributed by atoms with Crippen molar-refractivity contribution in [1.29, 1.82) is 0 Å².